The SMILES string of the molecule is O=C(Cl)c1ncc(Br)cc1OCc1ccccc1. The van der Waals surface area contributed by atoms with Gasteiger partial charge in [-0.2, -0.15) is 0 Å². The number of carbonyl (C=O) groups excluding carboxylic acids is 1. The summed E-state index contributed by atoms with van der Waals surface area (Å²) in [6, 6.07) is 11.3. The van der Waals surface area contributed by atoms with Gasteiger partial charge in [0.1, 0.15) is 6.61 Å². The highest BCUT2D eigenvalue weighted by Gasteiger charge is 2.12. The molecule has 0 bridgehead atoms. The Bertz CT molecular complexity index is 560. The maximum atomic E-state index is 11.2. The van der Waals surface area contributed by atoms with E-state index in [1.807, 2.05) is 30.3 Å². The van der Waals surface area contributed by atoms with Gasteiger partial charge in [-0.15, -0.1) is 0 Å². The molecule has 5 heteroatoms. The van der Waals surface area contributed by atoms with Crippen LogP contribution in [0.1, 0.15) is 16.1 Å². The van der Waals surface area contributed by atoms with Gasteiger partial charge in [0, 0.05) is 10.7 Å². The minimum absolute atomic E-state index is 0.121. The maximum Gasteiger partial charge on any atom is 0.274 e. The van der Waals surface area contributed by atoms with Crippen molar-refractivity contribution in [3.05, 3.63) is 58.3 Å². The third-order valence-corrected chi connectivity index (χ3v) is 2.86. The average Bonchev–Trinajstić information content (AvgIpc) is 2.37. The number of aromatic nitrogens is 1. The molecule has 0 saturated carbocycles. The molecule has 1 heterocycles. The Kier molecular flexibility index (Phi) is 4.33. The Morgan fingerprint density at radius 3 is 2.72 bits per heavy atom. The molecule has 18 heavy (non-hydrogen) atoms. The lowest BCUT2D eigenvalue weighted by molar-refractivity contribution is 0.107. The van der Waals surface area contributed by atoms with Crippen LogP contribution in [0.15, 0.2) is 47.1 Å². The van der Waals surface area contributed by atoms with E-state index in [0.717, 1.165) is 10.0 Å². The van der Waals surface area contributed by atoms with E-state index in [2.05, 4.69) is 20.9 Å². The molecule has 0 atom stereocenters. The Balaban J connectivity index is 2.18. The average molecular weight is 327 g/mol. The number of rotatable bonds is 4. The van der Waals surface area contributed by atoms with Gasteiger partial charge in [-0.1, -0.05) is 30.3 Å². The molecule has 3 nitrogen and oxygen atoms in total. The molecule has 1 aromatic carbocycles. The van der Waals surface area contributed by atoms with Gasteiger partial charge in [-0.05, 0) is 39.2 Å². The van der Waals surface area contributed by atoms with E-state index in [1.54, 1.807) is 6.07 Å². The van der Waals surface area contributed by atoms with Crippen LogP contribution in [-0.2, 0) is 6.61 Å². The van der Waals surface area contributed by atoms with E-state index in [4.69, 9.17) is 16.3 Å². The van der Waals surface area contributed by atoms with Gasteiger partial charge in [0.25, 0.3) is 5.24 Å². The molecule has 92 valence electrons. The van der Waals surface area contributed by atoms with Crippen LogP contribution in [0.4, 0.5) is 0 Å². The van der Waals surface area contributed by atoms with Crippen molar-refractivity contribution in [1.29, 1.82) is 0 Å². The van der Waals surface area contributed by atoms with E-state index in [1.165, 1.54) is 6.20 Å². The molecule has 0 aliphatic rings. The molecule has 0 radical (unpaired) electrons. The molecule has 0 saturated heterocycles. The van der Waals surface area contributed by atoms with Crippen LogP contribution in [0.5, 0.6) is 5.75 Å². The van der Waals surface area contributed by atoms with Crippen LogP contribution in [0.2, 0.25) is 0 Å². The zero-order valence-electron chi connectivity index (χ0n) is 9.27. The molecule has 0 fully saturated rings. The monoisotopic (exact) mass is 325 g/mol. The smallest absolute Gasteiger partial charge is 0.274 e. The second-order valence-corrected chi connectivity index (χ2v) is 4.81. The van der Waals surface area contributed by atoms with Crippen molar-refractivity contribution in [3.63, 3.8) is 0 Å². The second kappa shape index (κ2) is 5.98. The Morgan fingerprint density at radius 1 is 1.33 bits per heavy atom. The fourth-order valence-electron chi connectivity index (χ4n) is 1.41. The second-order valence-electron chi connectivity index (χ2n) is 3.55. The fourth-order valence-corrected chi connectivity index (χ4v) is 1.87. The van der Waals surface area contributed by atoms with Gasteiger partial charge in [-0.25, -0.2) is 4.98 Å². The largest absolute Gasteiger partial charge is 0.486 e. The number of ether oxygens (including phenoxy) is 1. The summed E-state index contributed by atoms with van der Waals surface area (Å²) in [6.45, 7) is 0.357. The van der Waals surface area contributed by atoms with Crippen LogP contribution >= 0.6 is 27.5 Å². The predicted molar refractivity (Wildman–Crippen MR) is 72.9 cm³/mol. The van der Waals surface area contributed by atoms with Crippen LogP contribution in [-0.4, -0.2) is 10.2 Å². The first-order valence-electron chi connectivity index (χ1n) is 5.19. The zero-order chi connectivity index (χ0) is 13.0. The summed E-state index contributed by atoms with van der Waals surface area (Å²) in [5.74, 6) is 0.369. The van der Waals surface area contributed by atoms with Crippen LogP contribution in [0.3, 0.4) is 0 Å². The zero-order valence-corrected chi connectivity index (χ0v) is 11.6. The van der Waals surface area contributed by atoms with E-state index < -0.39 is 5.24 Å². The number of benzene rings is 1. The maximum absolute atomic E-state index is 11.2. The number of carbonyl (C=O) groups is 1. The van der Waals surface area contributed by atoms with Crippen molar-refractivity contribution in [3.8, 4) is 5.75 Å². The first-order valence-corrected chi connectivity index (χ1v) is 6.36. The lowest BCUT2D eigenvalue weighted by Gasteiger charge is -2.08. The number of pyridine rings is 1. The van der Waals surface area contributed by atoms with Crippen molar-refractivity contribution < 1.29 is 9.53 Å². The minimum atomic E-state index is -0.634. The predicted octanol–water partition coefficient (Wildman–Crippen LogP) is 3.80. The lowest BCUT2D eigenvalue weighted by atomic mass is 10.2. The molecule has 2 rings (SSSR count). The molecular formula is C13H9BrClNO2. The molecule has 0 spiro atoms. The topological polar surface area (TPSA) is 39.2 Å². The normalized spacial score (nSPS) is 10.1. The molecule has 2 aromatic rings. The van der Waals surface area contributed by atoms with E-state index in [-0.39, 0.29) is 5.69 Å². The Labute approximate surface area is 118 Å². The number of hydrogen-bond acceptors (Lipinski definition) is 3. The summed E-state index contributed by atoms with van der Waals surface area (Å²) in [6.07, 6.45) is 1.50. The minimum Gasteiger partial charge on any atom is -0.486 e. The quantitative estimate of drug-likeness (QED) is 0.802. The molecule has 0 aliphatic carbocycles. The van der Waals surface area contributed by atoms with Crippen LogP contribution < -0.4 is 4.74 Å². The van der Waals surface area contributed by atoms with Crippen LogP contribution in [0.25, 0.3) is 0 Å². The van der Waals surface area contributed by atoms with Crippen LogP contribution in [0, 0.1) is 0 Å². The third-order valence-electron chi connectivity index (χ3n) is 2.24. The summed E-state index contributed by atoms with van der Waals surface area (Å²) in [5.41, 5.74) is 1.13. The molecule has 0 N–H and O–H groups in total. The van der Waals surface area contributed by atoms with E-state index >= 15 is 0 Å². The van der Waals surface area contributed by atoms with Gasteiger partial charge < -0.3 is 4.74 Å². The Hall–Kier alpha value is -1.39. The summed E-state index contributed by atoms with van der Waals surface area (Å²) in [5, 5.41) is -0.634. The number of nitrogens with zero attached hydrogens (tertiary/aromatic N) is 1. The Morgan fingerprint density at radius 2 is 2.06 bits per heavy atom. The number of hydrogen-bond donors (Lipinski definition) is 0. The lowest BCUT2D eigenvalue weighted by Crippen LogP contribution is -2.02. The standard InChI is InChI=1S/C13H9BrClNO2/c14-10-6-11(12(13(15)17)16-7-10)18-8-9-4-2-1-3-5-9/h1-7H,8H2. The van der Waals surface area contributed by atoms with Gasteiger partial charge >= 0.3 is 0 Å². The summed E-state index contributed by atoms with van der Waals surface area (Å²) >= 11 is 8.72. The summed E-state index contributed by atoms with van der Waals surface area (Å²) in [4.78, 5) is 15.1. The third kappa shape index (κ3) is 3.31. The van der Waals surface area contributed by atoms with Crippen molar-refractivity contribution in [2.45, 2.75) is 6.61 Å². The highest BCUT2D eigenvalue weighted by molar-refractivity contribution is 9.10. The van der Waals surface area contributed by atoms with Gasteiger partial charge in [-0.3, -0.25) is 4.79 Å². The molecule has 0 unspecified atom stereocenters. The summed E-state index contributed by atoms with van der Waals surface area (Å²) < 4.78 is 6.30. The molecule has 0 aliphatic heterocycles. The number of halogens is 2. The first-order chi connectivity index (χ1) is 8.66. The van der Waals surface area contributed by atoms with Crippen molar-refractivity contribution in [1.82, 2.24) is 4.98 Å². The summed E-state index contributed by atoms with van der Waals surface area (Å²) in [7, 11) is 0. The van der Waals surface area contributed by atoms with Crippen molar-refractivity contribution in [2.75, 3.05) is 0 Å². The molecule has 1 aromatic heterocycles. The highest BCUT2D eigenvalue weighted by atomic mass is 79.9. The molecular weight excluding hydrogens is 318 g/mol. The highest BCUT2D eigenvalue weighted by Crippen LogP contribution is 2.23. The molecule has 0 amide bonds. The van der Waals surface area contributed by atoms with Gasteiger partial charge in [0.05, 0.1) is 0 Å². The van der Waals surface area contributed by atoms with E-state index in [9.17, 15) is 4.79 Å². The van der Waals surface area contributed by atoms with Crippen molar-refractivity contribution in [2.24, 2.45) is 0 Å². The fraction of sp³-hybridized carbons (Fsp3) is 0.0769. The van der Waals surface area contributed by atoms with Gasteiger partial charge in [0.2, 0.25) is 0 Å². The first kappa shape index (κ1) is 13.1. The van der Waals surface area contributed by atoms with Crippen molar-refractivity contribution >= 4 is 32.8 Å². The van der Waals surface area contributed by atoms with E-state index in [0.29, 0.717) is 12.4 Å². The van der Waals surface area contributed by atoms with Gasteiger partial charge in [0.15, 0.2) is 11.4 Å².